The zero-order valence-corrected chi connectivity index (χ0v) is 17.0. The van der Waals surface area contributed by atoms with Gasteiger partial charge in [0.1, 0.15) is 23.9 Å². The average Bonchev–Trinajstić information content (AvgIpc) is 2.81. The van der Waals surface area contributed by atoms with Gasteiger partial charge in [0, 0.05) is 17.7 Å². The van der Waals surface area contributed by atoms with E-state index in [0.29, 0.717) is 29.5 Å². The number of carbonyl (C=O) groups excluding carboxylic acids is 1. The van der Waals surface area contributed by atoms with E-state index in [1.807, 2.05) is 30.3 Å². The summed E-state index contributed by atoms with van der Waals surface area (Å²) in [5.41, 5.74) is 2.07. The molecule has 8 nitrogen and oxygen atoms in total. The first kappa shape index (κ1) is 20.9. The summed E-state index contributed by atoms with van der Waals surface area (Å²) in [6.45, 7) is 0.552. The zero-order valence-electron chi connectivity index (χ0n) is 17.0. The number of aromatic nitrogens is 2. The first-order valence-corrected chi connectivity index (χ1v) is 9.25. The summed E-state index contributed by atoms with van der Waals surface area (Å²) in [5.74, 6) is 1.94. The molecule has 156 valence electrons. The molecule has 2 aromatic carbocycles. The number of hydrogen-bond donors (Lipinski definition) is 1. The second-order valence-corrected chi connectivity index (χ2v) is 6.16. The van der Waals surface area contributed by atoms with Crippen LogP contribution in [0.15, 0.2) is 54.6 Å². The van der Waals surface area contributed by atoms with Crippen molar-refractivity contribution in [3.8, 4) is 34.4 Å². The molecule has 1 amide bonds. The molecule has 0 radical (unpaired) electrons. The Bertz CT molecular complexity index is 975. The van der Waals surface area contributed by atoms with Gasteiger partial charge in [0.15, 0.2) is 0 Å². The standard InChI is InChI=1S/C22H23N3O5/c1-27-16-6-4-15(5-7-16)19-10-11-21(25-24-19)30-13-12-23-22(26)18-9-8-17(28-2)14-20(18)29-3/h4-11,14H,12-13H2,1-3H3,(H,23,26). The van der Waals surface area contributed by atoms with E-state index in [4.69, 9.17) is 18.9 Å². The first-order valence-electron chi connectivity index (χ1n) is 9.25. The number of ether oxygens (including phenoxy) is 4. The molecule has 0 spiro atoms. The highest BCUT2D eigenvalue weighted by Crippen LogP contribution is 2.24. The lowest BCUT2D eigenvalue weighted by Crippen LogP contribution is -2.28. The molecule has 1 aromatic heterocycles. The van der Waals surface area contributed by atoms with E-state index in [-0.39, 0.29) is 12.5 Å². The fourth-order valence-corrected chi connectivity index (χ4v) is 2.71. The summed E-state index contributed by atoms with van der Waals surface area (Å²) < 4.78 is 21.1. The number of carbonyl (C=O) groups is 1. The minimum Gasteiger partial charge on any atom is -0.497 e. The largest absolute Gasteiger partial charge is 0.497 e. The van der Waals surface area contributed by atoms with Crippen LogP contribution in [0.1, 0.15) is 10.4 Å². The highest BCUT2D eigenvalue weighted by Gasteiger charge is 2.13. The molecule has 30 heavy (non-hydrogen) atoms. The van der Waals surface area contributed by atoms with Crippen LogP contribution >= 0.6 is 0 Å². The van der Waals surface area contributed by atoms with Crippen molar-refractivity contribution in [2.45, 2.75) is 0 Å². The molecule has 8 heteroatoms. The van der Waals surface area contributed by atoms with Crippen LogP contribution in [0.25, 0.3) is 11.3 Å². The van der Waals surface area contributed by atoms with E-state index in [0.717, 1.165) is 17.0 Å². The average molecular weight is 409 g/mol. The third kappa shape index (κ3) is 5.16. The summed E-state index contributed by atoms with van der Waals surface area (Å²) in [6, 6.07) is 16.1. The van der Waals surface area contributed by atoms with Gasteiger partial charge in [0.05, 0.1) is 39.1 Å². The summed E-state index contributed by atoms with van der Waals surface area (Å²) >= 11 is 0. The van der Waals surface area contributed by atoms with E-state index in [1.165, 1.54) is 7.11 Å². The van der Waals surface area contributed by atoms with Crippen LogP contribution in [0.4, 0.5) is 0 Å². The third-order valence-corrected chi connectivity index (χ3v) is 4.32. The molecule has 0 bridgehead atoms. The molecule has 0 fully saturated rings. The van der Waals surface area contributed by atoms with Gasteiger partial charge >= 0.3 is 0 Å². The van der Waals surface area contributed by atoms with Crippen molar-refractivity contribution < 1.29 is 23.7 Å². The van der Waals surface area contributed by atoms with Gasteiger partial charge in [-0.2, -0.15) is 0 Å². The van der Waals surface area contributed by atoms with Crippen LogP contribution in [-0.2, 0) is 0 Å². The van der Waals surface area contributed by atoms with Gasteiger partial charge in [-0.05, 0) is 42.5 Å². The van der Waals surface area contributed by atoms with Crippen LogP contribution < -0.4 is 24.3 Å². The molecular weight excluding hydrogens is 386 g/mol. The topological polar surface area (TPSA) is 91.8 Å². The van der Waals surface area contributed by atoms with E-state index < -0.39 is 0 Å². The first-order chi connectivity index (χ1) is 14.6. The van der Waals surface area contributed by atoms with E-state index in [9.17, 15) is 4.79 Å². The fraction of sp³-hybridized carbons (Fsp3) is 0.227. The van der Waals surface area contributed by atoms with Crippen molar-refractivity contribution >= 4 is 5.91 Å². The summed E-state index contributed by atoms with van der Waals surface area (Å²) in [4.78, 5) is 12.4. The van der Waals surface area contributed by atoms with Gasteiger partial charge in [-0.15, -0.1) is 10.2 Å². The van der Waals surface area contributed by atoms with Gasteiger partial charge < -0.3 is 24.3 Å². The lowest BCUT2D eigenvalue weighted by Gasteiger charge is -2.11. The molecule has 1 heterocycles. The molecule has 1 N–H and O–H groups in total. The van der Waals surface area contributed by atoms with Crippen LogP contribution in [0.2, 0.25) is 0 Å². The van der Waals surface area contributed by atoms with Crippen molar-refractivity contribution in [3.05, 3.63) is 60.2 Å². The summed E-state index contributed by atoms with van der Waals surface area (Å²) in [7, 11) is 4.68. The maximum Gasteiger partial charge on any atom is 0.255 e. The number of nitrogens with zero attached hydrogens (tertiary/aromatic N) is 2. The highest BCUT2D eigenvalue weighted by atomic mass is 16.5. The van der Waals surface area contributed by atoms with Gasteiger partial charge in [-0.25, -0.2) is 0 Å². The van der Waals surface area contributed by atoms with Gasteiger partial charge in [-0.3, -0.25) is 4.79 Å². The van der Waals surface area contributed by atoms with Crippen molar-refractivity contribution in [1.29, 1.82) is 0 Å². The molecule has 3 aromatic rings. The molecule has 0 aliphatic heterocycles. The normalized spacial score (nSPS) is 10.2. The van der Waals surface area contributed by atoms with E-state index in [1.54, 1.807) is 38.5 Å². The number of rotatable bonds is 9. The number of methoxy groups -OCH3 is 3. The Morgan fingerprint density at radius 1 is 0.867 bits per heavy atom. The van der Waals surface area contributed by atoms with Crippen LogP contribution in [0.5, 0.6) is 23.1 Å². The number of amides is 1. The summed E-state index contributed by atoms with van der Waals surface area (Å²) in [5, 5.41) is 11.0. The molecule has 0 aliphatic rings. The Kier molecular flexibility index (Phi) is 7.05. The minimum absolute atomic E-state index is 0.251. The molecule has 0 saturated carbocycles. The second-order valence-electron chi connectivity index (χ2n) is 6.16. The number of nitrogens with one attached hydrogen (secondary N) is 1. The molecule has 0 aliphatic carbocycles. The zero-order chi connectivity index (χ0) is 21.3. The molecule has 0 saturated heterocycles. The second kappa shape index (κ2) is 10.1. The maximum atomic E-state index is 12.4. The van der Waals surface area contributed by atoms with Gasteiger partial charge in [0.25, 0.3) is 5.91 Å². The van der Waals surface area contributed by atoms with Crippen LogP contribution in [0.3, 0.4) is 0 Å². The molecule has 0 unspecified atom stereocenters. The predicted molar refractivity (Wildman–Crippen MR) is 111 cm³/mol. The quantitative estimate of drug-likeness (QED) is 0.543. The smallest absolute Gasteiger partial charge is 0.255 e. The molecule has 0 atom stereocenters. The van der Waals surface area contributed by atoms with E-state index in [2.05, 4.69) is 15.5 Å². The SMILES string of the molecule is COc1ccc(-c2ccc(OCCNC(=O)c3ccc(OC)cc3OC)nn2)cc1. The minimum atomic E-state index is -0.265. The van der Waals surface area contributed by atoms with Crippen LogP contribution in [0, 0.1) is 0 Å². The predicted octanol–water partition coefficient (Wildman–Crippen LogP) is 2.98. The third-order valence-electron chi connectivity index (χ3n) is 4.32. The number of hydrogen-bond acceptors (Lipinski definition) is 7. The van der Waals surface area contributed by atoms with Crippen molar-refractivity contribution in [3.63, 3.8) is 0 Å². The molecular formula is C22H23N3O5. The fourth-order valence-electron chi connectivity index (χ4n) is 2.71. The maximum absolute atomic E-state index is 12.4. The highest BCUT2D eigenvalue weighted by molar-refractivity contribution is 5.97. The van der Waals surface area contributed by atoms with E-state index >= 15 is 0 Å². The Morgan fingerprint density at radius 3 is 2.23 bits per heavy atom. The molecule has 3 rings (SSSR count). The Balaban J connectivity index is 1.50. The van der Waals surface area contributed by atoms with Gasteiger partial charge in [0.2, 0.25) is 5.88 Å². The monoisotopic (exact) mass is 409 g/mol. The van der Waals surface area contributed by atoms with Crippen molar-refractivity contribution in [2.75, 3.05) is 34.5 Å². The van der Waals surface area contributed by atoms with Crippen LogP contribution in [-0.4, -0.2) is 50.6 Å². The lowest BCUT2D eigenvalue weighted by molar-refractivity contribution is 0.0943. The Morgan fingerprint density at radius 2 is 1.60 bits per heavy atom. The number of benzene rings is 2. The van der Waals surface area contributed by atoms with Crippen molar-refractivity contribution in [1.82, 2.24) is 15.5 Å². The Hall–Kier alpha value is -3.81. The Labute approximate surface area is 174 Å². The summed E-state index contributed by atoms with van der Waals surface area (Å²) in [6.07, 6.45) is 0. The van der Waals surface area contributed by atoms with Crippen molar-refractivity contribution in [2.24, 2.45) is 0 Å². The van der Waals surface area contributed by atoms with Gasteiger partial charge in [-0.1, -0.05) is 0 Å². The lowest BCUT2D eigenvalue weighted by atomic mass is 10.1.